The first kappa shape index (κ1) is 27.8. The monoisotopic (exact) mass is 581 g/mol. The molecule has 2 fully saturated rings. The maximum absolute atomic E-state index is 13.7. The lowest BCUT2D eigenvalue weighted by Gasteiger charge is -2.37. The van der Waals surface area contributed by atoms with Crippen molar-refractivity contribution in [1.82, 2.24) is 8.87 Å². The molecular formula is C26H29F2N3O6S2. The number of fused-ring (bicyclic) bond motifs is 1. The summed E-state index contributed by atoms with van der Waals surface area (Å²) in [6.45, 7) is -2.51. The lowest BCUT2D eigenvalue weighted by Crippen LogP contribution is -2.58. The fourth-order valence-electron chi connectivity index (χ4n) is 5.45. The van der Waals surface area contributed by atoms with Crippen molar-refractivity contribution in [1.29, 1.82) is 0 Å². The van der Waals surface area contributed by atoms with Crippen molar-refractivity contribution >= 4 is 36.7 Å². The minimum absolute atomic E-state index is 0.0694. The third-order valence-electron chi connectivity index (χ3n) is 7.55. The summed E-state index contributed by atoms with van der Waals surface area (Å²) in [4.78, 5) is 13.5. The molecule has 0 spiro atoms. The Morgan fingerprint density at radius 3 is 2.36 bits per heavy atom. The second kappa shape index (κ2) is 10.0. The number of rotatable bonds is 8. The largest absolute Gasteiger partial charge is 0.395 e. The summed E-state index contributed by atoms with van der Waals surface area (Å²) < 4.78 is 79.1. The molecule has 1 atom stereocenters. The zero-order valence-corrected chi connectivity index (χ0v) is 22.6. The topological polar surface area (TPSA) is 140 Å². The molecule has 1 saturated carbocycles. The van der Waals surface area contributed by atoms with Crippen LogP contribution in [0.1, 0.15) is 64.9 Å². The van der Waals surface area contributed by atoms with E-state index in [4.69, 9.17) is 5.14 Å². The van der Waals surface area contributed by atoms with Gasteiger partial charge in [0.2, 0.25) is 20.0 Å². The van der Waals surface area contributed by atoms with Gasteiger partial charge in [0.1, 0.15) is 5.25 Å². The van der Waals surface area contributed by atoms with Crippen LogP contribution in [0.4, 0.5) is 8.78 Å². The van der Waals surface area contributed by atoms with Crippen molar-refractivity contribution in [2.75, 3.05) is 19.7 Å². The molecule has 3 aromatic rings. The Bertz CT molecular complexity index is 1640. The summed E-state index contributed by atoms with van der Waals surface area (Å²) in [5, 5.41) is 14.3. The van der Waals surface area contributed by atoms with E-state index in [-0.39, 0.29) is 16.5 Å². The van der Waals surface area contributed by atoms with E-state index in [1.807, 2.05) is 4.57 Å². The molecule has 3 N–H and O–H groups in total. The molecule has 1 saturated heterocycles. The Hall–Kier alpha value is -2.71. The first-order chi connectivity index (χ1) is 18.3. The normalized spacial score (nSPS) is 19.6. The van der Waals surface area contributed by atoms with Crippen molar-refractivity contribution < 1.29 is 35.5 Å². The van der Waals surface area contributed by atoms with Crippen LogP contribution < -0.4 is 5.14 Å². The summed E-state index contributed by atoms with van der Waals surface area (Å²) >= 11 is 0. The Balaban J connectivity index is 1.57. The number of aliphatic hydroxyl groups is 1. The van der Waals surface area contributed by atoms with Crippen LogP contribution in [-0.2, 0) is 20.0 Å². The summed E-state index contributed by atoms with van der Waals surface area (Å²) in [5.74, 6) is -3.53. The molecule has 2 aromatic carbocycles. The molecular weight excluding hydrogens is 552 g/mol. The molecule has 2 heterocycles. The molecule has 1 aromatic heterocycles. The van der Waals surface area contributed by atoms with Crippen LogP contribution >= 0.6 is 0 Å². The third-order valence-corrected chi connectivity index (χ3v) is 10.6. The van der Waals surface area contributed by atoms with Crippen LogP contribution in [0.25, 0.3) is 10.9 Å². The van der Waals surface area contributed by atoms with Gasteiger partial charge >= 0.3 is 0 Å². The SMILES string of the molecule is NS(=O)(=O)C(CO)c1ccc2c(C(=O)c3cccc(S(=O)(=O)N4CC(F)(F)C4)c3)cn(C3CCCCC3)c2c1. The number of nitrogens with zero attached hydrogens (tertiary/aromatic N) is 2. The zero-order valence-electron chi connectivity index (χ0n) is 21.0. The van der Waals surface area contributed by atoms with Crippen LogP contribution in [-0.4, -0.2) is 62.2 Å². The number of alkyl halides is 2. The number of sulfonamides is 2. The summed E-state index contributed by atoms with van der Waals surface area (Å²) in [5.41, 5.74) is 1.27. The van der Waals surface area contributed by atoms with Crippen LogP contribution in [0, 0.1) is 0 Å². The smallest absolute Gasteiger partial charge is 0.275 e. The predicted octanol–water partition coefficient (Wildman–Crippen LogP) is 3.34. The number of hydrogen-bond donors (Lipinski definition) is 2. The highest BCUT2D eigenvalue weighted by molar-refractivity contribution is 7.89. The Morgan fingerprint density at radius 2 is 1.74 bits per heavy atom. The summed E-state index contributed by atoms with van der Waals surface area (Å²) in [7, 11) is -8.29. The number of primary sulfonamides is 1. The van der Waals surface area contributed by atoms with Crippen LogP contribution in [0.2, 0.25) is 0 Å². The van der Waals surface area contributed by atoms with E-state index >= 15 is 0 Å². The molecule has 0 amide bonds. The number of nitrogens with two attached hydrogens (primary N) is 1. The first-order valence-electron chi connectivity index (χ1n) is 12.6. The molecule has 1 unspecified atom stereocenters. The first-order valence-corrected chi connectivity index (χ1v) is 15.7. The highest BCUT2D eigenvalue weighted by Crippen LogP contribution is 2.37. The molecule has 1 aliphatic heterocycles. The second-order valence-electron chi connectivity index (χ2n) is 10.3. The van der Waals surface area contributed by atoms with E-state index in [1.54, 1.807) is 18.3 Å². The average molecular weight is 582 g/mol. The number of benzene rings is 2. The molecule has 13 heteroatoms. The van der Waals surface area contributed by atoms with E-state index in [9.17, 15) is 35.5 Å². The van der Waals surface area contributed by atoms with E-state index in [0.717, 1.165) is 32.1 Å². The molecule has 210 valence electrons. The molecule has 39 heavy (non-hydrogen) atoms. The molecule has 0 radical (unpaired) electrons. The van der Waals surface area contributed by atoms with E-state index in [1.165, 1.54) is 30.3 Å². The lowest BCUT2D eigenvalue weighted by molar-refractivity contribution is -0.0945. The maximum atomic E-state index is 13.7. The van der Waals surface area contributed by atoms with Crippen molar-refractivity contribution in [3.8, 4) is 0 Å². The van der Waals surface area contributed by atoms with Crippen LogP contribution in [0.3, 0.4) is 0 Å². The number of aromatic nitrogens is 1. The third kappa shape index (κ3) is 5.25. The van der Waals surface area contributed by atoms with Crippen LogP contribution in [0.5, 0.6) is 0 Å². The summed E-state index contributed by atoms with van der Waals surface area (Å²) in [6.07, 6.45) is 6.53. The van der Waals surface area contributed by atoms with Gasteiger partial charge in [-0.15, -0.1) is 0 Å². The highest BCUT2D eigenvalue weighted by atomic mass is 32.2. The van der Waals surface area contributed by atoms with Gasteiger partial charge < -0.3 is 9.67 Å². The minimum Gasteiger partial charge on any atom is -0.395 e. The fraction of sp³-hybridized carbons (Fsp3) is 0.423. The Labute approximate surface area is 225 Å². The standard InChI is InChI=1S/C26H29F2N3O6S2/c27-26(28)15-30(16-26)39(36,37)20-8-4-5-18(11-20)25(33)22-13-31(19-6-2-1-3-7-19)23-12-17(9-10-21(22)23)24(14-32)38(29,34)35/h4-5,8-13,19,24,32H,1-3,6-7,14-16H2,(H2,29,34,35). The van der Waals surface area contributed by atoms with Gasteiger partial charge in [-0.2, -0.15) is 4.31 Å². The molecule has 2 aliphatic rings. The maximum Gasteiger partial charge on any atom is 0.275 e. The number of ketones is 1. The lowest BCUT2D eigenvalue weighted by atomic mass is 9.95. The number of aliphatic hydroxyl groups excluding tert-OH is 1. The van der Waals surface area contributed by atoms with Gasteiger partial charge in [0.15, 0.2) is 5.78 Å². The number of halogens is 2. The average Bonchev–Trinajstić information content (AvgIpc) is 3.26. The second-order valence-corrected chi connectivity index (χ2v) is 13.9. The van der Waals surface area contributed by atoms with Crippen molar-refractivity contribution in [3.63, 3.8) is 0 Å². The van der Waals surface area contributed by atoms with Crippen molar-refractivity contribution in [2.45, 2.75) is 54.2 Å². The van der Waals surface area contributed by atoms with Gasteiger partial charge in [-0.05, 0) is 36.6 Å². The zero-order chi connectivity index (χ0) is 28.2. The van der Waals surface area contributed by atoms with E-state index < -0.39 is 56.7 Å². The van der Waals surface area contributed by atoms with Gasteiger partial charge in [-0.1, -0.05) is 43.5 Å². The Kier molecular flexibility index (Phi) is 7.17. The fourth-order valence-corrected chi connectivity index (χ4v) is 7.73. The van der Waals surface area contributed by atoms with Gasteiger partial charge in [-0.3, -0.25) is 4.79 Å². The van der Waals surface area contributed by atoms with E-state index in [0.29, 0.717) is 26.3 Å². The molecule has 9 nitrogen and oxygen atoms in total. The predicted molar refractivity (Wildman–Crippen MR) is 141 cm³/mol. The quantitative estimate of drug-likeness (QED) is 0.391. The van der Waals surface area contributed by atoms with Crippen molar-refractivity contribution in [3.05, 3.63) is 65.4 Å². The minimum atomic E-state index is -4.19. The number of carbonyl (C=O) groups is 1. The number of carbonyl (C=O) groups excluding carboxylic acids is 1. The molecule has 1 aliphatic carbocycles. The number of hydrogen-bond acceptors (Lipinski definition) is 6. The molecule has 0 bridgehead atoms. The van der Waals surface area contributed by atoms with Gasteiger partial charge in [0.05, 0.1) is 24.6 Å². The van der Waals surface area contributed by atoms with Gasteiger partial charge in [0.25, 0.3) is 5.92 Å². The van der Waals surface area contributed by atoms with E-state index in [2.05, 4.69) is 0 Å². The van der Waals surface area contributed by atoms with Crippen LogP contribution in [0.15, 0.2) is 53.6 Å². The van der Waals surface area contributed by atoms with Gasteiger partial charge in [-0.25, -0.2) is 30.8 Å². The summed E-state index contributed by atoms with van der Waals surface area (Å²) in [6, 6.07) is 10.1. The highest BCUT2D eigenvalue weighted by Gasteiger charge is 2.49. The Morgan fingerprint density at radius 1 is 1.05 bits per heavy atom. The van der Waals surface area contributed by atoms with Gasteiger partial charge in [0, 0.05) is 34.3 Å². The van der Waals surface area contributed by atoms with Crippen molar-refractivity contribution in [2.24, 2.45) is 5.14 Å². The molecule has 5 rings (SSSR count).